The topological polar surface area (TPSA) is 74.7 Å². The van der Waals surface area contributed by atoms with Gasteiger partial charge < -0.3 is 10.9 Å². The molecule has 0 saturated heterocycles. The summed E-state index contributed by atoms with van der Waals surface area (Å²) >= 11 is 0. The number of amidine groups is 1. The molecule has 0 radical (unpaired) electrons. The van der Waals surface area contributed by atoms with Crippen LogP contribution in [0.1, 0.15) is 18.9 Å². The molecule has 0 saturated carbocycles. The number of pyridine rings is 1. The Morgan fingerprint density at radius 3 is 2.90 bits per heavy atom. The summed E-state index contributed by atoms with van der Waals surface area (Å²) in [4.78, 5) is 6.72. The van der Waals surface area contributed by atoms with Crippen LogP contribution in [0.5, 0.6) is 0 Å². The smallest absolute Gasteiger partial charge is 0.140 e. The van der Waals surface area contributed by atoms with Crippen LogP contribution in [0, 0.1) is 0 Å². The molecule has 1 aromatic heterocycles. The highest BCUT2D eigenvalue weighted by Gasteiger charge is 2.08. The van der Waals surface area contributed by atoms with Gasteiger partial charge in [-0.15, -0.1) is 0 Å². The number of hydrogen-bond acceptors (Lipinski definition) is 4. The van der Waals surface area contributed by atoms with Crippen LogP contribution in [0.3, 0.4) is 0 Å². The molecule has 1 aromatic carbocycles. The van der Waals surface area contributed by atoms with Crippen molar-refractivity contribution in [2.45, 2.75) is 19.9 Å². The van der Waals surface area contributed by atoms with E-state index in [9.17, 15) is 0 Å². The van der Waals surface area contributed by atoms with Crippen molar-refractivity contribution < 1.29 is 5.21 Å². The van der Waals surface area contributed by atoms with Gasteiger partial charge in [0.2, 0.25) is 0 Å². The number of oxime groups is 1. The maximum atomic E-state index is 8.59. The standard InChI is InChI=1S/C15H20N4O/c1-2-19(10-8-14(16)18-20)11-13-6-3-5-12-7-4-9-17-15(12)13/h3-7,9,20H,2,8,10-11H2,1H3,(H2,16,18). The lowest BCUT2D eigenvalue weighted by molar-refractivity contribution is 0.284. The summed E-state index contributed by atoms with van der Waals surface area (Å²) in [5, 5.41) is 12.7. The highest BCUT2D eigenvalue weighted by molar-refractivity contribution is 5.81. The van der Waals surface area contributed by atoms with E-state index in [0.29, 0.717) is 6.42 Å². The second kappa shape index (κ2) is 6.86. The predicted octanol–water partition coefficient (Wildman–Crippen LogP) is 2.19. The Labute approximate surface area is 118 Å². The Kier molecular flexibility index (Phi) is 4.90. The molecule has 0 aliphatic heterocycles. The monoisotopic (exact) mass is 272 g/mol. The number of fused-ring (bicyclic) bond motifs is 1. The van der Waals surface area contributed by atoms with Gasteiger partial charge in [-0.3, -0.25) is 9.88 Å². The number of para-hydroxylation sites is 1. The molecular formula is C15H20N4O. The van der Waals surface area contributed by atoms with Gasteiger partial charge in [-0.2, -0.15) is 0 Å². The zero-order chi connectivity index (χ0) is 14.4. The van der Waals surface area contributed by atoms with E-state index in [1.165, 1.54) is 5.56 Å². The third kappa shape index (κ3) is 3.45. The molecular weight excluding hydrogens is 252 g/mol. The molecule has 20 heavy (non-hydrogen) atoms. The van der Waals surface area contributed by atoms with Crippen molar-refractivity contribution in [1.29, 1.82) is 0 Å². The fourth-order valence-electron chi connectivity index (χ4n) is 2.21. The fourth-order valence-corrected chi connectivity index (χ4v) is 2.21. The van der Waals surface area contributed by atoms with E-state index in [1.807, 2.05) is 12.3 Å². The molecule has 5 heteroatoms. The molecule has 0 amide bonds. The quantitative estimate of drug-likeness (QED) is 0.366. The first kappa shape index (κ1) is 14.3. The summed E-state index contributed by atoms with van der Waals surface area (Å²) in [7, 11) is 0. The molecule has 3 N–H and O–H groups in total. The summed E-state index contributed by atoms with van der Waals surface area (Å²) in [6.07, 6.45) is 2.38. The van der Waals surface area contributed by atoms with Crippen LogP contribution in [0.2, 0.25) is 0 Å². The fraction of sp³-hybridized carbons (Fsp3) is 0.333. The molecule has 106 valence electrons. The maximum absolute atomic E-state index is 8.59. The Morgan fingerprint density at radius 1 is 1.35 bits per heavy atom. The van der Waals surface area contributed by atoms with Gasteiger partial charge in [0.1, 0.15) is 5.84 Å². The maximum Gasteiger partial charge on any atom is 0.140 e. The van der Waals surface area contributed by atoms with Crippen molar-refractivity contribution in [3.8, 4) is 0 Å². The zero-order valence-electron chi connectivity index (χ0n) is 11.7. The van der Waals surface area contributed by atoms with E-state index >= 15 is 0 Å². The van der Waals surface area contributed by atoms with E-state index in [-0.39, 0.29) is 5.84 Å². The predicted molar refractivity (Wildman–Crippen MR) is 80.7 cm³/mol. The number of aromatic nitrogens is 1. The lowest BCUT2D eigenvalue weighted by atomic mass is 10.1. The third-order valence-corrected chi connectivity index (χ3v) is 3.37. The Morgan fingerprint density at radius 2 is 2.15 bits per heavy atom. The average molecular weight is 272 g/mol. The first-order chi connectivity index (χ1) is 9.74. The average Bonchev–Trinajstić information content (AvgIpc) is 2.51. The van der Waals surface area contributed by atoms with Crippen molar-refractivity contribution in [1.82, 2.24) is 9.88 Å². The molecule has 0 fully saturated rings. The van der Waals surface area contributed by atoms with Crippen molar-refractivity contribution in [3.63, 3.8) is 0 Å². The Balaban J connectivity index is 2.13. The van der Waals surface area contributed by atoms with Gasteiger partial charge in [0, 0.05) is 31.1 Å². The minimum atomic E-state index is 0.263. The van der Waals surface area contributed by atoms with E-state index in [4.69, 9.17) is 10.9 Å². The van der Waals surface area contributed by atoms with Crippen LogP contribution in [0.25, 0.3) is 10.9 Å². The zero-order valence-corrected chi connectivity index (χ0v) is 11.7. The summed E-state index contributed by atoms with van der Waals surface area (Å²) in [5.74, 6) is 0.263. The molecule has 2 rings (SSSR count). The minimum absolute atomic E-state index is 0.263. The van der Waals surface area contributed by atoms with Crippen molar-refractivity contribution in [3.05, 3.63) is 42.1 Å². The molecule has 0 spiro atoms. The summed E-state index contributed by atoms with van der Waals surface area (Å²) in [6, 6.07) is 10.2. The lowest BCUT2D eigenvalue weighted by Crippen LogP contribution is -2.28. The number of nitrogens with two attached hydrogens (primary N) is 1. The molecule has 1 heterocycles. The summed E-state index contributed by atoms with van der Waals surface area (Å²) < 4.78 is 0. The molecule has 0 aliphatic rings. The number of rotatable bonds is 6. The molecule has 0 unspecified atom stereocenters. The second-order valence-electron chi connectivity index (χ2n) is 4.70. The van der Waals surface area contributed by atoms with Crippen molar-refractivity contribution >= 4 is 16.7 Å². The first-order valence-corrected chi connectivity index (χ1v) is 6.76. The molecule has 2 aromatic rings. The van der Waals surface area contributed by atoms with Crippen LogP contribution in [-0.4, -0.2) is 34.0 Å². The highest BCUT2D eigenvalue weighted by Crippen LogP contribution is 2.17. The van der Waals surface area contributed by atoms with Gasteiger partial charge in [-0.05, 0) is 18.2 Å². The van der Waals surface area contributed by atoms with Crippen molar-refractivity contribution in [2.75, 3.05) is 13.1 Å². The third-order valence-electron chi connectivity index (χ3n) is 3.37. The van der Waals surface area contributed by atoms with Gasteiger partial charge >= 0.3 is 0 Å². The SMILES string of the molecule is CCN(CCC(N)=NO)Cc1cccc2cccnc12. The lowest BCUT2D eigenvalue weighted by Gasteiger charge is -2.20. The highest BCUT2D eigenvalue weighted by atomic mass is 16.4. The minimum Gasteiger partial charge on any atom is -0.409 e. The Hall–Kier alpha value is -2.14. The van der Waals surface area contributed by atoms with Gasteiger partial charge in [-0.1, -0.05) is 36.3 Å². The first-order valence-electron chi connectivity index (χ1n) is 6.76. The van der Waals surface area contributed by atoms with Crippen molar-refractivity contribution in [2.24, 2.45) is 10.9 Å². The largest absolute Gasteiger partial charge is 0.409 e. The van der Waals surface area contributed by atoms with E-state index in [2.05, 4.69) is 46.2 Å². The number of benzene rings is 1. The van der Waals surface area contributed by atoms with Crippen LogP contribution in [0.4, 0.5) is 0 Å². The summed E-state index contributed by atoms with van der Waals surface area (Å²) in [6.45, 7) is 4.58. The Bertz CT molecular complexity index is 592. The molecule has 5 nitrogen and oxygen atoms in total. The molecule has 0 bridgehead atoms. The van der Waals surface area contributed by atoms with Gasteiger partial charge in [-0.25, -0.2) is 0 Å². The number of nitrogens with zero attached hydrogens (tertiary/aromatic N) is 3. The van der Waals surface area contributed by atoms with Crippen LogP contribution >= 0.6 is 0 Å². The van der Waals surface area contributed by atoms with Crippen LogP contribution < -0.4 is 5.73 Å². The van der Waals surface area contributed by atoms with E-state index in [0.717, 1.165) is 30.5 Å². The molecule has 0 atom stereocenters. The van der Waals surface area contributed by atoms with Gasteiger partial charge in [0.05, 0.1) is 5.52 Å². The number of hydrogen-bond donors (Lipinski definition) is 2. The van der Waals surface area contributed by atoms with E-state index < -0.39 is 0 Å². The van der Waals surface area contributed by atoms with Crippen LogP contribution in [-0.2, 0) is 6.54 Å². The van der Waals surface area contributed by atoms with Gasteiger partial charge in [0.15, 0.2) is 0 Å². The van der Waals surface area contributed by atoms with Gasteiger partial charge in [0.25, 0.3) is 0 Å². The van der Waals surface area contributed by atoms with E-state index in [1.54, 1.807) is 0 Å². The van der Waals surface area contributed by atoms with Crippen LogP contribution in [0.15, 0.2) is 41.7 Å². The second-order valence-corrected chi connectivity index (χ2v) is 4.70. The summed E-state index contributed by atoms with van der Waals surface area (Å²) in [5.41, 5.74) is 7.76. The molecule has 0 aliphatic carbocycles. The normalized spacial score (nSPS) is 12.2.